The summed E-state index contributed by atoms with van der Waals surface area (Å²) in [4.78, 5) is 0. The van der Waals surface area contributed by atoms with Crippen molar-refractivity contribution >= 4 is 0 Å². The average molecular weight is 224 g/mol. The highest BCUT2D eigenvalue weighted by Crippen LogP contribution is 2.43. The lowest BCUT2D eigenvalue weighted by Crippen LogP contribution is -2.41. The predicted molar refractivity (Wildman–Crippen MR) is 69.3 cm³/mol. The van der Waals surface area contributed by atoms with Gasteiger partial charge in [-0.15, -0.1) is 0 Å². The molecule has 2 saturated carbocycles. The monoisotopic (exact) mass is 224 g/mol. The third-order valence-electron chi connectivity index (χ3n) is 5.19. The zero-order valence-electron chi connectivity index (χ0n) is 10.8. The molecular formula is C14H28N2. The third kappa shape index (κ3) is 2.60. The first-order chi connectivity index (χ1) is 7.79. The van der Waals surface area contributed by atoms with Gasteiger partial charge >= 0.3 is 0 Å². The fraction of sp³-hybridized carbons (Fsp3) is 1.00. The molecular weight excluding hydrogens is 196 g/mol. The van der Waals surface area contributed by atoms with Crippen LogP contribution in [0.1, 0.15) is 51.9 Å². The van der Waals surface area contributed by atoms with Crippen molar-refractivity contribution < 1.29 is 0 Å². The Hall–Kier alpha value is -0.0800. The van der Waals surface area contributed by atoms with E-state index in [-0.39, 0.29) is 0 Å². The summed E-state index contributed by atoms with van der Waals surface area (Å²) < 4.78 is 0. The fourth-order valence-corrected chi connectivity index (χ4v) is 3.55. The van der Waals surface area contributed by atoms with E-state index < -0.39 is 0 Å². The van der Waals surface area contributed by atoms with Gasteiger partial charge in [-0.2, -0.15) is 0 Å². The summed E-state index contributed by atoms with van der Waals surface area (Å²) in [5.41, 5.74) is 6.48. The van der Waals surface area contributed by atoms with Gasteiger partial charge < -0.3 is 11.1 Å². The van der Waals surface area contributed by atoms with Crippen LogP contribution in [0.3, 0.4) is 0 Å². The van der Waals surface area contributed by atoms with Crippen LogP contribution in [-0.2, 0) is 0 Å². The lowest BCUT2D eigenvalue weighted by molar-refractivity contribution is 0.121. The maximum absolute atomic E-state index is 5.82. The van der Waals surface area contributed by atoms with E-state index in [9.17, 15) is 0 Å². The van der Waals surface area contributed by atoms with Crippen LogP contribution in [0.25, 0.3) is 0 Å². The highest BCUT2D eigenvalue weighted by Gasteiger charge is 2.35. The van der Waals surface area contributed by atoms with E-state index in [1.807, 2.05) is 0 Å². The number of rotatable bonds is 6. The van der Waals surface area contributed by atoms with Gasteiger partial charge in [-0.1, -0.05) is 19.8 Å². The summed E-state index contributed by atoms with van der Waals surface area (Å²) in [5.74, 6) is 1.66. The molecule has 0 heterocycles. The van der Waals surface area contributed by atoms with Crippen molar-refractivity contribution in [1.29, 1.82) is 0 Å². The van der Waals surface area contributed by atoms with Crippen molar-refractivity contribution in [3.63, 3.8) is 0 Å². The van der Waals surface area contributed by atoms with Crippen molar-refractivity contribution in [2.45, 2.75) is 51.9 Å². The summed E-state index contributed by atoms with van der Waals surface area (Å²) in [5, 5.41) is 3.73. The second-order valence-electron chi connectivity index (χ2n) is 6.02. The Labute approximate surface area is 100 Å². The normalized spacial score (nSPS) is 32.6. The zero-order valence-corrected chi connectivity index (χ0v) is 10.8. The zero-order chi connectivity index (χ0) is 11.4. The molecule has 16 heavy (non-hydrogen) atoms. The molecule has 2 rings (SSSR count). The molecule has 0 bridgehead atoms. The lowest BCUT2D eigenvalue weighted by atomic mass is 9.67. The van der Waals surface area contributed by atoms with Gasteiger partial charge in [0.05, 0.1) is 0 Å². The van der Waals surface area contributed by atoms with E-state index in [1.165, 1.54) is 58.0 Å². The summed E-state index contributed by atoms with van der Waals surface area (Å²) in [7, 11) is 0. The second-order valence-corrected chi connectivity index (χ2v) is 6.02. The van der Waals surface area contributed by atoms with Crippen LogP contribution in [0.15, 0.2) is 0 Å². The minimum Gasteiger partial charge on any atom is -0.330 e. The van der Waals surface area contributed by atoms with Crippen molar-refractivity contribution in [2.75, 3.05) is 19.6 Å². The maximum atomic E-state index is 5.82. The Morgan fingerprint density at radius 2 is 1.94 bits per heavy atom. The average Bonchev–Trinajstić information content (AvgIpc) is 2.69. The number of hydrogen-bond donors (Lipinski definition) is 2. The van der Waals surface area contributed by atoms with Crippen LogP contribution in [0, 0.1) is 17.3 Å². The molecule has 2 unspecified atom stereocenters. The van der Waals surface area contributed by atoms with Crippen LogP contribution in [0.2, 0.25) is 0 Å². The van der Waals surface area contributed by atoms with Crippen molar-refractivity contribution in [3.05, 3.63) is 0 Å². The van der Waals surface area contributed by atoms with E-state index in [1.54, 1.807) is 0 Å². The van der Waals surface area contributed by atoms with Gasteiger partial charge in [0.25, 0.3) is 0 Å². The topological polar surface area (TPSA) is 38.0 Å². The summed E-state index contributed by atoms with van der Waals surface area (Å²) in [6.45, 7) is 5.70. The highest BCUT2D eigenvalue weighted by atomic mass is 14.9. The fourth-order valence-electron chi connectivity index (χ4n) is 3.55. The van der Waals surface area contributed by atoms with Crippen molar-refractivity contribution in [3.8, 4) is 0 Å². The van der Waals surface area contributed by atoms with Gasteiger partial charge in [-0.25, -0.2) is 0 Å². The Bertz CT molecular complexity index is 205. The maximum Gasteiger partial charge on any atom is 0.000782 e. The van der Waals surface area contributed by atoms with Gasteiger partial charge in [0.1, 0.15) is 0 Å². The van der Waals surface area contributed by atoms with Gasteiger partial charge in [0, 0.05) is 6.54 Å². The molecule has 0 saturated heterocycles. The molecule has 2 aliphatic rings. The van der Waals surface area contributed by atoms with Crippen LogP contribution >= 0.6 is 0 Å². The minimum atomic E-state index is 0.664. The first kappa shape index (κ1) is 12.4. The minimum absolute atomic E-state index is 0.664. The standard InChI is InChI=1S/C14H28N2/c1-2-14(7-4-8-14)11-16-10-13-6-3-5-12(13)9-15/h12-13,16H,2-11,15H2,1H3. The molecule has 0 aromatic heterocycles. The molecule has 2 aliphatic carbocycles. The molecule has 2 heteroatoms. The Morgan fingerprint density at radius 1 is 1.19 bits per heavy atom. The van der Waals surface area contributed by atoms with Crippen molar-refractivity contribution in [2.24, 2.45) is 23.0 Å². The Kier molecular flexibility index (Phi) is 4.26. The lowest BCUT2D eigenvalue weighted by Gasteiger charge is -2.42. The summed E-state index contributed by atoms with van der Waals surface area (Å²) in [6, 6.07) is 0. The van der Waals surface area contributed by atoms with Gasteiger partial charge in [0.15, 0.2) is 0 Å². The molecule has 94 valence electrons. The SMILES string of the molecule is CCC1(CNCC2CCCC2CN)CCC1. The molecule has 0 radical (unpaired) electrons. The van der Waals surface area contributed by atoms with E-state index in [0.29, 0.717) is 5.41 Å². The van der Waals surface area contributed by atoms with Crippen LogP contribution in [-0.4, -0.2) is 19.6 Å². The van der Waals surface area contributed by atoms with Crippen LogP contribution < -0.4 is 11.1 Å². The Morgan fingerprint density at radius 3 is 2.50 bits per heavy atom. The molecule has 0 aromatic carbocycles. The number of nitrogens with one attached hydrogen (secondary N) is 1. The van der Waals surface area contributed by atoms with E-state index in [2.05, 4.69) is 12.2 Å². The third-order valence-corrected chi connectivity index (χ3v) is 5.19. The summed E-state index contributed by atoms with van der Waals surface area (Å²) in [6.07, 6.45) is 9.85. The van der Waals surface area contributed by atoms with E-state index in [0.717, 1.165) is 18.4 Å². The molecule has 3 N–H and O–H groups in total. The number of hydrogen-bond acceptors (Lipinski definition) is 2. The highest BCUT2D eigenvalue weighted by molar-refractivity contribution is 4.89. The van der Waals surface area contributed by atoms with Crippen molar-refractivity contribution in [1.82, 2.24) is 5.32 Å². The first-order valence-electron chi connectivity index (χ1n) is 7.20. The van der Waals surface area contributed by atoms with Crippen LogP contribution in [0.5, 0.6) is 0 Å². The van der Waals surface area contributed by atoms with Gasteiger partial charge in [-0.05, 0) is 62.4 Å². The smallest absolute Gasteiger partial charge is 0.000782 e. The van der Waals surface area contributed by atoms with Gasteiger partial charge in [-0.3, -0.25) is 0 Å². The van der Waals surface area contributed by atoms with Crippen LogP contribution in [0.4, 0.5) is 0 Å². The second kappa shape index (κ2) is 5.50. The molecule has 2 atom stereocenters. The van der Waals surface area contributed by atoms with Gasteiger partial charge in [0.2, 0.25) is 0 Å². The first-order valence-corrected chi connectivity index (χ1v) is 7.20. The molecule has 0 aliphatic heterocycles. The van der Waals surface area contributed by atoms with E-state index >= 15 is 0 Å². The molecule has 0 aromatic rings. The Balaban J connectivity index is 1.67. The van der Waals surface area contributed by atoms with E-state index in [4.69, 9.17) is 5.73 Å². The molecule has 0 amide bonds. The predicted octanol–water partition coefficient (Wildman–Crippen LogP) is 2.53. The molecule has 2 fully saturated rings. The quantitative estimate of drug-likeness (QED) is 0.727. The summed E-state index contributed by atoms with van der Waals surface area (Å²) >= 11 is 0. The largest absolute Gasteiger partial charge is 0.330 e. The molecule has 0 spiro atoms. The number of nitrogens with two attached hydrogens (primary N) is 1. The molecule has 2 nitrogen and oxygen atoms in total.